The van der Waals surface area contributed by atoms with E-state index in [2.05, 4.69) is 0 Å². The van der Waals surface area contributed by atoms with Crippen LogP contribution < -0.4 is 0 Å². The van der Waals surface area contributed by atoms with Crippen molar-refractivity contribution in [2.75, 3.05) is 6.54 Å². The average molecular weight is 317 g/mol. The van der Waals surface area contributed by atoms with Crippen molar-refractivity contribution in [1.82, 2.24) is 4.31 Å². The number of hydrogen-bond acceptors (Lipinski definition) is 4. The van der Waals surface area contributed by atoms with E-state index in [4.69, 9.17) is 5.11 Å². The largest absolute Gasteiger partial charge is 0.481 e. The molecule has 0 atom stereocenters. The van der Waals surface area contributed by atoms with E-state index in [9.17, 15) is 13.2 Å². The summed E-state index contributed by atoms with van der Waals surface area (Å²) in [6, 6.07) is 3.21. The predicted octanol–water partition coefficient (Wildman–Crippen LogP) is 2.33. The molecule has 1 heterocycles. The van der Waals surface area contributed by atoms with Crippen LogP contribution in [0.5, 0.6) is 0 Å². The molecule has 1 saturated carbocycles. The number of carbonyl (C=O) groups is 1. The van der Waals surface area contributed by atoms with Crippen LogP contribution in [0.2, 0.25) is 0 Å². The fourth-order valence-electron chi connectivity index (χ4n) is 2.67. The second-order valence-corrected chi connectivity index (χ2v) is 8.22. The highest BCUT2D eigenvalue weighted by Crippen LogP contribution is 2.31. The second kappa shape index (κ2) is 6.24. The first-order chi connectivity index (χ1) is 9.45. The summed E-state index contributed by atoms with van der Waals surface area (Å²) in [7, 11) is -3.49. The zero-order valence-corrected chi connectivity index (χ0v) is 13.0. The Hall–Kier alpha value is -0.920. The first kappa shape index (κ1) is 15.5. The molecule has 112 valence electrons. The Kier molecular flexibility index (Phi) is 4.82. The lowest BCUT2D eigenvalue weighted by Crippen LogP contribution is -2.38. The summed E-state index contributed by atoms with van der Waals surface area (Å²) in [4.78, 5) is 11.2. The molecule has 0 aromatic carbocycles. The molecule has 7 heteroatoms. The Morgan fingerprint density at radius 1 is 1.40 bits per heavy atom. The number of carboxylic acids is 1. The fraction of sp³-hybridized carbons (Fsp3) is 0.615. The van der Waals surface area contributed by atoms with Crippen molar-refractivity contribution in [3.05, 3.63) is 17.0 Å². The van der Waals surface area contributed by atoms with Gasteiger partial charge >= 0.3 is 5.97 Å². The third-order valence-electron chi connectivity index (χ3n) is 3.57. The highest BCUT2D eigenvalue weighted by Gasteiger charge is 2.32. The highest BCUT2D eigenvalue weighted by molar-refractivity contribution is 7.91. The maximum atomic E-state index is 12.6. The van der Waals surface area contributed by atoms with Crippen LogP contribution in [-0.2, 0) is 21.2 Å². The smallest absolute Gasteiger partial charge is 0.308 e. The van der Waals surface area contributed by atoms with Gasteiger partial charge in [-0.2, -0.15) is 4.31 Å². The maximum absolute atomic E-state index is 12.6. The van der Waals surface area contributed by atoms with Crippen molar-refractivity contribution in [1.29, 1.82) is 0 Å². The van der Waals surface area contributed by atoms with Crippen molar-refractivity contribution in [2.24, 2.45) is 0 Å². The molecular weight excluding hydrogens is 298 g/mol. The molecule has 0 spiro atoms. The zero-order valence-electron chi connectivity index (χ0n) is 11.4. The van der Waals surface area contributed by atoms with Gasteiger partial charge < -0.3 is 5.11 Å². The van der Waals surface area contributed by atoms with Crippen LogP contribution >= 0.6 is 11.3 Å². The Balaban J connectivity index is 2.23. The number of rotatable bonds is 6. The lowest BCUT2D eigenvalue weighted by atomic mass is 10.2. The average Bonchev–Trinajstić information content (AvgIpc) is 3.00. The van der Waals surface area contributed by atoms with Crippen molar-refractivity contribution in [3.8, 4) is 0 Å². The zero-order chi connectivity index (χ0) is 14.8. The van der Waals surface area contributed by atoms with Crippen LogP contribution in [0.4, 0.5) is 0 Å². The summed E-state index contributed by atoms with van der Waals surface area (Å²) in [6.07, 6.45) is 3.85. The molecule has 0 amide bonds. The van der Waals surface area contributed by atoms with E-state index in [0.717, 1.165) is 37.0 Å². The summed E-state index contributed by atoms with van der Waals surface area (Å²) in [5, 5.41) is 8.75. The second-order valence-electron chi connectivity index (χ2n) is 4.94. The van der Waals surface area contributed by atoms with Gasteiger partial charge in [0.05, 0.1) is 6.42 Å². The van der Waals surface area contributed by atoms with Gasteiger partial charge in [0.15, 0.2) is 0 Å². The summed E-state index contributed by atoms with van der Waals surface area (Å²) in [5.41, 5.74) is 0. The molecule has 0 saturated heterocycles. The summed E-state index contributed by atoms with van der Waals surface area (Å²) < 4.78 is 27.1. The first-order valence-electron chi connectivity index (χ1n) is 6.77. The minimum Gasteiger partial charge on any atom is -0.481 e. The SMILES string of the molecule is CCN(C1CCCC1)S(=O)(=O)c1ccc(CC(=O)O)s1. The van der Waals surface area contributed by atoms with Gasteiger partial charge in [-0.05, 0) is 25.0 Å². The van der Waals surface area contributed by atoms with Gasteiger partial charge in [-0.15, -0.1) is 11.3 Å². The maximum Gasteiger partial charge on any atom is 0.308 e. The fourth-order valence-corrected chi connectivity index (χ4v) is 5.84. The van der Waals surface area contributed by atoms with E-state index in [0.29, 0.717) is 11.4 Å². The highest BCUT2D eigenvalue weighted by atomic mass is 32.2. The first-order valence-corrected chi connectivity index (χ1v) is 9.03. The van der Waals surface area contributed by atoms with Gasteiger partial charge in [0.1, 0.15) is 4.21 Å². The van der Waals surface area contributed by atoms with Gasteiger partial charge in [0.2, 0.25) is 0 Å². The van der Waals surface area contributed by atoms with Crippen LogP contribution in [0.3, 0.4) is 0 Å². The predicted molar refractivity (Wildman–Crippen MR) is 77.5 cm³/mol. The lowest BCUT2D eigenvalue weighted by Gasteiger charge is -2.25. The van der Waals surface area contributed by atoms with Gasteiger partial charge in [-0.3, -0.25) is 4.79 Å². The molecular formula is C13H19NO4S2. The van der Waals surface area contributed by atoms with Crippen molar-refractivity contribution in [3.63, 3.8) is 0 Å². The molecule has 1 N–H and O–H groups in total. The quantitative estimate of drug-likeness (QED) is 0.874. The molecule has 1 aliphatic rings. The van der Waals surface area contributed by atoms with E-state index < -0.39 is 16.0 Å². The summed E-state index contributed by atoms with van der Waals surface area (Å²) >= 11 is 1.06. The van der Waals surface area contributed by atoms with Crippen molar-refractivity contribution < 1.29 is 18.3 Å². The standard InChI is InChI=1S/C13H19NO4S2/c1-2-14(10-5-3-4-6-10)20(17,18)13-8-7-11(19-13)9-12(15)16/h7-8,10H,2-6,9H2,1H3,(H,15,16). The van der Waals surface area contributed by atoms with Crippen LogP contribution in [0.25, 0.3) is 0 Å². The topological polar surface area (TPSA) is 74.7 Å². The Bertz CT molecular complexity index is 573. The number of carboxylic acid groups (broad SMARTS) is 1. The lowest BCUT2D eigenvalue weighted by molar-refractivity contribution is -0.136. The van der Waals surface area contributed by atoms with E-state index in [-0.39, 0.29) is 16.7 Å². The number of hydrogen-bond donors (Lipinski definition) is 1. The normalized spacial score (nSPS) is 16.9. The third kappa shape index (κ3) is 3.21. The molecule has 0 radical (unpaired) electrons. The van der Waals surface area contributed by atoms with E-state index in [1.807, 2.05) is 6.92 Å². The van der Waals surface area contributed by atoms with Crippen molar-refractivity contribution >= 4 is 27.3 Å². The number of sulfonamides is 1. The van der Waals surface area contributed by atoms with Crippen molar-refractivity contribution in [2.45, 2.75) is 49.3 Å². The van der Waals surface area contributed by atoms with Gasteiger partial charge in [0.25, 0.3) is 10.0 Å². The summed E-state index contributed by atoms with van der Waals surface area (Å²) in [5.74, 6) is -0.945. The van der Waals surface area contributed by atoms with Gasteiger partial charge in [0, 0.05) is 17.5 Å². The Morgan fingerprint density at radius 2 is 2.05 bits per heavy atom. The molecule has 20 heavy (non-hydrogen) atoms. The Morgan fingerprint density at radius 3 is 2.60 bits per heavy atom. The molecule has 1 aromatic rings. The van der Waals surface area contributed by atoms with Crippen LogP contribution in [0, 0.1) is 0 Å². The van der Waals surface area contributed by atoms with Gasteiger partial charge in [-0.1, -0.05) is 19.8 Å². The molecule has 1 aliphatic carbocycles. The van der Waals surface area contributed by atoms with Crippen LogP contribution in [0.1, 0.15) is 37.5 Å². The molecule has 0 unspecified atom stereocenters. The molecule has 0 bridgehead atoms. The molecule has 5 nitrogen and oxygen atoms in total. The number of nitrogens with zero attached hydrogens (tertiary/aromatic N) is 1. The minimum atomic E-state index is -3.49. The van der Waals surface area contributed by atoms with E-state index in [1.54, 1.807) is 10.4 Å². The summed E-state index contributed by atoms with van der Waals surface area (Å²) in [6.45, 7) is 2.31. The molecule has 1 fully saturated rings. The minimum absolute atomic E-state index is 0.0926. The Labute approximate surface area is 123 Å². The molecule has 1 aromatic heterocycles. The van der Waals surface area contributed by atoms with Gasteiger partial charge in [-0.25, -0.2) is 8.42 Å². The van der Waals surface area contributed by atoms with E-state index in [1.165, 1.54) is 6.07 Å². The monoisotopic (exact) mass is 317 g/mol. The molecule has 0 aliphatic heterocycles. The number of aliphatic carboxylic acids is 1. The van der Waals surface area contributed by atoms with Crippen LogP contribution in [-0.4, -0.2) is 36.4 Å². The number of thiophene rings is 1. The third-order valence-corrected chi connectivity index (χ3v) is 7.15. The van der Waals surface area contributed by atoms with E-state index >= 15 is 0 Å². The van der Waals surface area contributed by atoms with Crippen LogP contribution in [0.15, 0.2) is 16.3 Å². The molecule has 2 rings (SSSR count).